The van der Waals surface area contributed by atoms with Gasteiger partial charge in [0.05, 0.1) is 12.9 Å². The van der Waals surface area contributed by atoms with Crippen LogP contribution in [0.2, 0.25) is 5.02 Å². The first-order valence-electron chi connectivity index (χ1n) is 9.54. The quantitative estimate of drug-likeness (QED) is 0.424. The lowest BCUT2D eigenvalue weighted by molar-refractivity contribution is 0.269. The third-order valence-corrected chi connectivity index (χ3v) is 4.53. The van der Waals surface area contributed by atoms with Gasteiger partial charge in [0, 0.05) is 30.5 Å². The molecule has 0 saturated heterocycles. The number of benzene rings is 2. The van der Waals surface area contributed by atoms with Crippen molar-refractivity contribution in [2.24, 2.45) is 0 Å². The molecular formula is C22H27Cl2N3O2. The van der Waals surface area contributed by atoms with Crippen molar-refractivity contribution in [1.82, 2.24) is 14.9 Å². The van der Waals surface area contributed by atoms with Crippen molar-refractivity contribution < 1.29 is 9.47 Å². The lowest BCUT2D eigenvalue weighted by Crippen LogP contribution is -2.16. The molecule has 0 bridgehead atoms. The number of rotatable bonds is 11. The van der Waals surface area contributed by atoms with Gasteiger partial charge in [-0.05, 0) is 55.3 Å². The number of aromatic nitrogens is 2. The third-order valence-electron chi connectivity index (χ3n) is 4.27. The minimum atomic E-state index is 0. The summed E-state index contributed by atoms with van der Waals surface area (Å²) >= 11 is 5.93. The summed E-state index contributed by atoms with van der Waals surface area (Å²) in [4.78, 5) is 4.05. The van der Waals surface area contributed by atoms with Gasteiger partial charge in [0.2, 0.25) is 0 Å². The van der Waals surface area contributed by atoms with Crippen LogP contribution in [0, 0.1) is 0 Å². The normalized spacial score (nSPS) is 10.4. The maximum Gasteiger partial charge on any atom is 0.161 e. The molecule has 3 rings (SSSR count). The summed E-state index contributed by atoms with van der Waals surface area (Å²) in [6.45, 7) is 5.75. The number of hydrogen-bond acceptors (Lipinski definition) is 4. The Morgan fingerprint density at radius 2 is 1.83 bits per heavy atom. The zero-order valence-corrected chi connectivity index (χ0v) is 18.1. The molecule has 0 saturated carbocycles. The topological polar surface area (TPSA) is 48.3 Å². The number of hydrogen-bond donors (Lipinski definition) is 1. The van der Waals surface area contributed by atoms with Gasteiger partial charge in [-0.3, -0.25) is 0 Å². The van der Waals surface area contributed by atoms with Crippen molar-refractivity contribution in [2.45, 2.75) is 33.0 Å². The number of ether oxygens (including phenoxy) is 2. The Morgan fingerprint density at radius 3 is 2.55 bits per heavy atom. The number of nitrogens with zero attached hydrogens (tertiary/aromatic N) is 2. The third kappa shape index (κ3) is 7.61. The minimum Gasteiger partial charge on any atom is -0.490 e. The van der Waals surface area contributed by atoms with Gasteiger partial charge in [0.25, 0.3) is 0 Å². The zero-order valence-electron chi connectivity index (χ0n) is 16.5. The van der Waals surface area contributed by atoms with Gasteiger partial charge in [0.1, 0.15) is 6.61 Å². The second-order valence-electron chi connectivity index (χ2n) is 6.46. The van der Waals surface area contributed by atoms with Crippen molar-refractivity contribution in [3.8, 4) is 11.5 Å². The highest BCUT2D eigenvalue weighted by Gasteiger charge is 2.07. The molecule has 2 aromatic carbocycles. The van der Waals surface area contributed by atoms with Crippen LogP contribution in [0.25, 0.3) is 0 Å². The fraction of sp³-hybridized carbons (Fsp3) is 0.318. The van der Waals surface area contributed by atoms with Crippen molar-refractivity contribution in [3.05, 3.63) is 77.3 Å². The van der Waals surface area contributed by atoms with Crippen molar-refractivity contribution in [1.29, 1.82) is 0 Å². The first-order valence-corrected chi connectivity index (χ1v) is 9.92. The summed E-state index contributed by atoms with van der Waals surface area (Å²) in [7, 11) is 0. The summed E-state index contributed by atoms with van der Waals surface area (Å²) in [5, 5.41) is 4.20. The van der Waals surface area contributed by atoms with Crippen LogP contribution in [-0.4, -0.2) is 22.7 Å². The summed E-state index contributed by atoms with van der Waals surface area (Å²) in [6, 6.07) is 13.8. The first-order chi connectivity index (χ1) is 13.7. The van der Waals surface area contributed by atoms with Crippen LogP contribution in [-0.2, 0) is 19.7 Å². The lowest BCUT2D eigenvalue weighted by Gasteiger charge is -2.14. The predicted octanol–water partition coefficient (Wildman–Crippen LogP) is 5.12. The molecule has 0 unspecified atom stereocenters. The molecule has 0 fully saturated rings. The van der Waals surface area contributed by atoms with E-state index in [9.17, 15) is 0 Å². The Labute approximate surface area is 183 Å². The van der Waals surface area contributed by atoms with Gasteiger partial charge >= 0.3 is 0 Å². The molecule has 0 aliphatic carbocycles. The number of halogens is 2. The highest BCUT2D eigenvalue weighted by atomic mass is 35.5. The van der Waals surface area contributed by atoms with Crippen molar-refractivity contribution in [2.75, 3.05) is 13.2 Å². The Kier molecular flexibility index (Phi) is 9.84. The predicted molar refractivity (Wildman–Crippen MR) is 119 cm³/mol. The molecule has 0 spiro atoms. The van der Waals surface area contributed by atoms with Crippen LogP contribution in [0.1, 0.15) is 24.5 Å². The van der Waals surface area contributed by atoms with E-state index in [4.69, 9.17) is 21.1 Å². The van der Waals surface area contributed by atoms with E-state index in [0.29, 0.717) is 13.2 Å². The average molecular weight is 436 g/mol. The van der Waals surface area contributed by atoms with E-state index < -0.39 is 0 Å². The molecule has 5 nitrogen and oxygen atoms in total. The molecule has 1 aromatic heterocycles. The van der Waals surface area contributed by atoms with Crippen LogP contribution in [0.5, 0.6) is 11.5 Å². The van der Waals surface area contributed by atoms with E-state index >= 15 is 0 Å². The van der Waals surface area contributed by atoms with Crippen molar-refractivity contribution >= 4 is 24.0 Å². The van der Waals surface area contributed by atoms with Gasteiger partial charge < -0.3 is 19.4 Å². The zero-order chi connectivity index (χ0) is 19.6. The Balaban J connectivity index is 0.00000300. The summed E-state index contributed by atoms with van der Waals surface area (Å²) < 4.78 is 13.8. The molecule has 1 N–H and O–H groups in total. The van der Waals surface area contributed by atoms with Crippen LogP contribution in [0.15, 0.2) is 61.2 Å². The maximum absolute atomic E-state index is 5.96. The van der Waals surface area contributed by atoms with Gasteiger partial charge in [-0.1, -0.05) is 29.8 Å². The van der Waals surface area contributed by atoms with E-state index in [-0.39, 0.29) is 12.4 Å². The minimum absolute atomic E-state index is 0. The molecule has 3 aromatic rings. The fourth-order valence-corrected chi connectivity index (χ4v) is 2.96. The van der Waals surface area contributed by atoms with Gasteiger partial charge in [-0.2, -0.15) is 0 Å². The maximum atomic E-state index is 5.96. The fourth-order valence-electron chi connectivity index (χ4n) is 2.83. The largest absolute Gasteiger partial charge is 0.490 e. The Hall–Kier alpha value is -2.21. The second-order valence-corrected chi connectivity index (χ2v) is 6.90. The molecular weight excluding hydrogens is 409 g/mol. The van der Waals surface area contributed by atoms with Crippen LogP contribution < -0.4 is 14.8 Å². The summed E-state index contributed by atoms with van der Waals surface area (Å²) in [6.07, 6.45) is 6.68. The van der Waals surface area contributed by atoms with Crippen LogP contribution in [0.3, 0.4) is 0 Å². The van der Waals surface area contributed by atoms with E-state index in [1.54, 1.807) is 6.20 Å². The molecule has 156 valence electrons. The van der Waals surface area contributed by atoms with Crippen LogP contribution in [0.4, 0.5) is 0 Å². The highest BCUT2D eigenvalue weighted by Crippen LogP contribution is 2.29. The highest BCUT2D eigenvalue weighted by molar-refractivity contribution is 6.30. The monoisotopic (exact) mass is 435 g/mol. The van der Waals surface area contributed by atoms with Gasteiger partial charge in [0.15, 0.2) is 11.5 Å². The number of nitrogens with one attached hydrogen (secondary N) is 1. The van der Waals surface area contributed by atoms with E-state index in [2.05, 4.69) is 20.9 Å². The summed E-state index contributed by atoms with van der Waals surface area (Å²) in [5.74, 6) is 1.52. The number of aryl methyl sites for hydroxylation is 1. The Morgan fingerprint density at radius 1 is 1.03 bits per heavy atom. The first kappa shape index (κ1) is 23.1. The molecule has 0 radical (unpaired) electrons. The molecule has 29 heavy (non-hydrogen) atoms. The molecule has 7 heteroatoms. The molecule has 0 amide bonds. The average Bonchev–Trinajstić information content (AvgIpc) is 3.22. The van der Waals surface area contributed by atoms with E-state index in [0.717, 1.165) is 48.1 Å². The van der Waals surface area contributed by atoms with E-state index in [1.165, 1.54) is 5.56 Å². The van der Waals surface area contributed by atoms with E-state index in [1.807, 2.05) is 55.8 Å². The Bertz CT molecular complexity index is 840. The second kappa shape index (κ2) is 12.4. The molecule has 0 aliphatic heterocycles. The van der Waals surface area contributed by atoms with Crippen LogP contribution >= 0.6 is 24.0 Å². The molecule has 1 heterocycles. The van der Waals surface area contributed by atoms with Gasteiger partial charge in [-0.15, -0.1) is 12.4 Å². The summed E-state index contributed by atoms with van der Waals surface area (Å²) in [5.41, 5.74) is 2.24. The smallest absolute Gasteiger partial charge is 0.161 e. The number of imidazole rings is 1. The van der Waals surface area contributed by atoms with Gasteiger partial charge in [-0.25, -0.2) is 4.98 Å². The van der Waals surface area contributed by atoms with Crippen molar-refractivity contribution in [3.63, 3.8) is 0 Å². The molecule has 0 atom stereocenters. The molecule has 0 aliphatic rings. The lowest BCUT2D eigenvalue weighted by atomic mass is 10.2. The standard InChI is InChI=1S/C22H26ClN3O2.ClH/c1-2-27-22-14-19(15-24-10-3-12-26-13-11-25-17-26)6-9-21(22)28-16-18-4-7-20(23)8-5-18;/h4-9,11,13-14,17,24H,2-3,10,12,15-16H2,1H3;1H. The SMILES string of the molecule is CCOc1cc(CNCCCn2ccnc2)ccc1OCc1ccc(Cl)cc1.Cl.